The fraction of sp³-hybridized carbons (Fsp3) is 1.00. The molecule has 3 nitrogen and oxygen atoms in total. The van der Waals surface area contributed by atoms with Gasteiger partial charge in [-0.2, -0.15) is 0 Å². The maximum absolute atomic E-state index is 9.06. The summed E-state index contributed by atoms with van der Waals surface area (Å²) in [6.07, 6.45) is 3.94. The van der Waals surface area contributed by atoms with Crippen LogP contribution in [0.2, 0.25) is 0 Å². The Hall–Kier alpha value is -0.120. The highest BCUT2D eigenvalue weighted by atomic mass is 16.3. The Bertz CT molecular complexity index is 206. The van der Waals surface area contributed by atoms with Crippen molar-refractivity contribution in [2.24, 2.45) is 0 Å². The lowest BCUT2D eigenvalue weighted by Gasteiger charge is -2.40. The second-order valence-corrected chi connectivity index (χ2v) is 5.16. The third-order valence-corrected chi connectivity index (χ3v) is 4.02. The van der Waals surface area contributed by atoms with E-state index in [1.54, 1.807) is 0 Å². The van der Waals surface area contributed by atoms with Crippen molar-refractivity contribution in [3.8, 4) is 0 Å². The molecule has 3 heteroatoms. The molecular weight excluding hydrogens is 188 g/mol. The first-order chi connectivity index (χ1) is 7.24. The topological polar surface area (TPSA) is 26.7 Å². The summed E-state index contributed by atoms with van der Waals surface area (Å²) in [7, 11) is 0. The van der Waals surface area contributed by atoms with Crippen molar-refractivity contribution < 1.29 is 5.11 Å². The van der Waals surface area contributed by atoms with E-state index in [1.807, 2.05) is 0 Å². The monoisotopic (exact) mass is 212 g/mol. The second kappa shape index (κ2) is 4.81. The Kier molecular flexibility index (Phi) is 3.65. The quantitative estimate of drug-likeness (QED) is 0.754. The van der Waals surface area contributed by atoms with Gasteiger partial charge in [0.1, 0.15) is 0 Å². The molecule has 0 radical (unpaired) electrons. The molecule has 0 amide bonds. The van der Waals surface area contributed by atoms with E-state index in [2.05, 4.69) is 23.6 Å². The van der Waals surface area contributed by atoms with Gasteiger partial charge in [0, 0.05) is 31.2 Å². The number of hydrogen-bond acceptors (Lipinski definition) is 3. The maximum Gasteiger partial charge on any atom is 0.0558 e. The van der Waals surface area contributed by atoms with Crippen molar-refractivity contribution in [2.75, 3.05) is 26.2 Å². The third-order valence-electron chi connectivity index (χ3n) is 4.02. The number of fused-ring (bicyclic) bond motifs is 1. The van der Waals surface area contributed by atoms with Crippen molar-refractivity contribution in [3.05, 3.63) is 0 Å². The van der Waals surface area contributed by atoms with Crippen LogP contribution in [0.3, 0.4) is 0 Å². The molecule has 0 spiro atoms. The van der Waals surface area contributed by atoms with E-state index >= 15 is 0 Å². The first-order valence-electron chi connectivity index (χ1n) is 6.34. The van der Waals surface area contributed by atoms with Gasteiger partial charge in [-0.25, -0.2) is 0 Å². The SMILES string of the molecule is CC(C)N1CCC2C1CCCN2CCO. The summed E-state index contributed by atoms with van der Waals surface area (Å²) in [6, 6.07) is 2.15. The highest BCUT2D eigenvalue weighted by Crippen LogP contribution is 2.31. The van der Waals surface area contributed by atoms with Gasteiger partial charge in [-0.1, -0.05) is 0 Å². The normalized spacial score (nSPS) is 33.6. The summed E-state index contributed by atoms with van der Waals surface area (Å²) in [6.45, 7) is 8.21. The van der Waals surface area contributed by atoms with Crippen molar-refractivity contribution in [2.45, 2.75) is 51.2 Å². The molecule has 0 aromatic rings. The van der Waals surface area contributed by atoms with Crippen molar-refractivity contribution in [1.82, 2.24) is 9.80 Å². The number of rotatable bonds is 3. The summed E-state index contributed by atoms with van der Waals surface area (Å²) in [5, 5.41) is 9.06. The van der Waals surface area contributed by atoms with Crippen LogP contribution in [0, 0.1) is 0 Å². The van der Waals surface area contributed by atoms with Crippen molar-refractivity contribution in [1.29, 1.82) is 0 Å². The fourth-order valence-electron chi connectivity index (χ4n) is 3.36. The molecule has 1 N–H and O–H groups in total. The van der Waals surface area contributed by atoms with E-state index in [9.17, 15) is 0 Å². The summed E-state index contributed by atoms with van der Waals surface area (Å²) < 4.78 is 0. The minimum absolute atomic E-state index is 0.310. The number of likely N-dealkylation sites (tertiary alicyclic amines) is 2. The zero-order valence-electron chi connectivity index (χ0n) is 10.0. The Morgan fingerprint density at radius 1 is 1.20 bits per heavy atom. The van der Waals surface area contributed by atoms with Gasteiger partial charge in [-0.05, 0) is 39.7 Å². The summed E-state index contributed by atoms with van der Waals surface area (Å²) >= 11 is 0. The van der Waals surface area contributed by atoms with Crippen molar-refractivity contribution in [3.63, 3.8) is 0 Å². The molecule has 2 saturated heterocycles. The molecule has 88 valence electrons. The average molecular weight is 212 g/mol. The summed E-state index contributed by atoms with van der Waals surface area (Å²) in [4.78, 5) is 5.14. The number of hydrogen-bond donors (Lipinski definition) is 1. The standard InChI is InChI=1S/C12H24N2O/c1-10(2)14-7-5-11-12(14)4-3-6-13(11)8-9-15/h10-12,15H,3-9H2,1-2H3. The van der Waals surface area contributed by atoms with E-state index in [-0.39, 0.29) is 0 Å². The van der Waals surface area contributed by atoms with Crippen LogP contribution in [0.5, 0.6) is 0 Å². The molecule has 2 heterocycles. The predicted molar refractivity (Wildman–Crippen MR) is 61.9 cm³/mol. The first kappa shape index (κ1) is 11.4. The van der Waals surface area contributed by atoms with Crippen LogP contribution in [0.15, 0.2) is 0 Å². The smallest absolute Gasteiger partial charge is 0.0558 e. The van der Waals surface area contributed by atoms with Gasteiger partial charge in [0.25, 0.3) is 0 Å². The molecule has 2 atom stereocenters. The minimum atomic E-state index is 0.310. The Balaban J connectivity index is 2.01. The average Bonchev–Trinajstić information content (AvgIpc) is 2.62. The van der Waals surface area contributed by atoms with Gasteiger partial charge < -0.3 is 5.11 Å². The molecular formula is C12H24N2O. The maximum atomic E-state index is 9.06. The van der Waals surface area contributed by atoms with Gasteiger partial charge in [-0.15, -0.1) is 0 Å². The van der Waals surface area contributed by atoms with Crippen LogP contribution in [-0.2, 0) is 0 Å². The van der Waals surface area contributed by atoms with E-state index in [0.29, 0.717) is 18.7 Å². The molecule has 2 fully saturated rings. The molecule has 2 unspecified atom stereocenters. The lowest BCUT2D eigenvalue weighted by atomic mass is 9.96. The van der Waals surface area contributed by atoms with E-state index < -0.39 is 0 Å². The second-order valence-electron chi connectivity index (χ2n) is 5.16. The lowest BCUT2D eigenvalue weighted by molar-refractivity contribution is 0.0677. The van der Waals surface area contributed by atoms with Crippen LogP contribution in [0.25, 0.3) is 0 Å². The van der Waals surface area contributed by atoms with Gasteiger partial charge in [0.05, 0.1) is 6.61 Å². The van der Waals surface area contributed by atoms with E-state index in [1.165, 1.54) is 32.4 Å². The number of β-amino-alcohol motifs (C(OH)–C–C–N with tert-alkyl or cyclic N) is 1. The highest BCUT2D eigenvalue weighted by Gasteiger charge is 2.40. The number of aliphatic hydroxyl groups is 1. The van der Waals surface area contributed by atoms with Gasteiger partial charge in [-0.3, -0.25) is 9.80 Å². The van der Waals surface area contributed by atoms with Crippen LogP contribution in [-0.4, -0.2) is 59.3 Å². The molecule has 0 bridgehead atoms. The Morgan fingerprint density at radius 2 is 2.00 bits per heavy atom. The molecule has 2 aliphatic rings. The lowest BCUT2D eigenvalue weighted by Crippen LogP contribution is -2.51. The zero-order valence-corrected chi connectivity index (χ0v) is 10.0. The van der Waals surface area contributed by atoms with Gasteiger partial charge in [0.15, 0.2) is 0 Å². The minimum Gasteiger partial charge on any atom is -0.395 e. The highest BCUT2D eigenvalue weighted by molar-refractivity contribution is 4.97. The van der Waals surface area contributed by atoms with Crippen LogP contribution in [0.4, 0.5) is 0 Å². The van der Waals surface area contributed by atoms with Gasteiger partial charge in [0.2, 0.25) is 0 Å². The van der Waals surface area contributed by atoms with E-state index in [0.717, 1.165) is 12.6 Å². The summed E-state index contributed by atoms with van der Waals surface area (Å²) in [5.74, 6) is 0. The zero-order chi connectivity index (χ0) is 10.8. The largest absolute Gasteiger partial charge is 0.395 e. The molecule has 0 saturated carbocycles. The molecule has 0 aromatic carbocycles. The summed E-state index contributed by atoms with van der Waals surface area (Å²) in [5.41, 5.74) is 0. The van der Waals surface area contributed by atoms with Crippen molar-refractivity contribution >= 4 is 0 Å². The predicted octanol–water partition coefficient (Wildman–Crippen LogP) is 0.926. The number of nitrogens with zero attached hydrogens (tertiary/aromatic N) is 2. The van der Waals surface area contributed by atoms with Crippen LogP contribution in [0.1, 0.15) is 33.1 Å². The van der Waals surface area contributed by atoms with Crippen LogP contribution >= 0.6 is 0 Å². The number of aliphatic hydroxyl groups excluding tert-OH is 1. The fourth-order valence-corrected chi connectivity index (χ4v) is 3.36. The molecule has 0 aromatic heterocycles. The Labute approximate surface area is 93.1 Å². The molecule has 2 aliphatic heterocycles. The first-order valence-corrected chi connectivity index (χ1v) is 6.34. The van der Waals surface area contributed by atoms with E-state index in [4.69, 9.17) is 5.11 Å². The molecule has 2 rings (SSSR count). The third kappa shape index (κ3) is 2.19. The molecule has 0 aliphatic carbocycles. The molecule has 15 heavy (non-hydrogen) atoms. The Morgan fingerprint density at radius 3 is 2.67 bits per heavy atom. The van der Waals surface area contributed by atoms with Gasteiger partial charge >= 0.3 is 0 Å². The van der Waals surface area contributed by atoms with Crippen LogP contribution < -0.4 is 0 Å². The number of piperidine rings is 1.